The number of hydrogen-bond acceptors (Lipinski definition) is 6. The Kier molecular flexibility index (Phi) is 4.11. The van der Waals surface area contributed by atoms with Crippen molar-refractivity contribution in [3.63, 3.8) is 0 Å². The van der Waals surface area contributed by atoms with Crippen LogP contribution in [0, 0.1) is 5.82 Å². The Bertz CT molecular complexity index is 559. The molecule has 0 radical (unpaired) electrons. The topological polar surface area (TPSA) is 84.4 Å². The maximum absolute atomic E-state index is 13.7. The van der Waals surface area contributed by atoms with E-state index in [4.69, 9.17) is 10.9 Å². The minimum atomic E-state index is -0.392. The van der Waals surface area contributed by atoms with Crippen molar-refractivity contribution in [3.8, 4) is 0 Å². The van der Waals surface area contributed by atoms with Gasteiger partial charge in [0.25, 0.3) is 0 Å². The smallest absolute Gasteiger partial charge is 0.174 e. The van der Waals surface area contributed by atoms with Crippen molar-refractivity contribution in [3.05, 3.63) is 40.7 Å². The van der Waals surface area contributed by atoms with Gasteiger partial charge in [0.1, 0.15) is 11.3 Å². The first-order valence-corrected chi connectivity index (χ1v) is 6.72. The van der Waals surface area contributed by atoms with Gasteiger partial charge in [-0.05, 0) is 11.6 Å². The van der Waals surface area contributed by atoms with Gasteiger partial charge >= 0.3 is 0 Å². The third kappa shape index (κ3) is 2.96. The Morgan fingerprint density at radius 1 is 1.56 bits per heavy atom. The monoisotopic (exact) mass is 284 g/mol. The summed E-state index contributed by atoms with van der Waals surface area (Å²) < 4.78 is 14.5. The molecular weight excluding hydrogens is 275 g/mol. The van der Waals surface area contributed by atoms with Gasteiger partial charge in [0, 0.05) is 11.3 Å². The SMILES string of the molecule is N/C(=N\O)c1ccc(CSc2nncs2)c(F)c1. The fourth-order valence-electron chi connectivity index (χ4n) is 1.25. The van der Waals surface area contributed by atoms with Crippen molar-refractivity contribution in [2.45, 2.75) is 10.1 Å². The molecule has 1 aromatic heterocycles. The molecule has 5 nitrogen and oxygen atoms in total. The highest BCUT2D eigenvalue weighted by atomic mass is 32.2. The van der Waals surface area contributed by atoms with Crippen LogP contribution >= 0.6 is 23.1 Å². The fraction of sp³-hybridized carbons (Fsp3) is 0.100. The Labute approximate surface area is 111 Å². The lowest BCUT2D eigenvalue weighted by molar-refractivity contribution is 0.318. The molecule has 0 amide bonds. The molecule has 0 fully saturated rings. The van der Waals surface area contributed by atoms with Gasteiger partial charge in [0.2, 0.25) is 0 Å². The zero-order valence-corrected chi connectivity index (χ0v) is 10.7. The van der Waals surface area contributed by atoms with E-state index in [1.807, 2.05) is 0 Å². The molecule has 0 bridgehead atoms. The van der Waals surface area contributed by atoms with Crippen molar-refractivity contribution in [1.29, 1.82) is 0 Å². The molecule has 94 valence electrons. The number of nitrogens with two attached hydrogens (primary N) is 1. The summed E-state index contributed by atoms with van der Waals surface area (Å²) in [5, 5.41) is 18.9. The predicted molar refractivity (Wildman–Crippen MR) is 68.4 cm³/mol. The van der Waals surface area contributed by atoms with Gasteiger partial charge in [-0.2, -0.15) is 0 Å². The molecule has 18 heavy (non-hydrogen) atoms. The van der Waals surface area contributed by atoms with E-state index in [1.54, 1.807) is 17.6 Å². The van der Waals surface area contributed by atoms with Crippen LogP contribution in [0.5, 0.6) is 0 Å². The second-order valence-electron chi connectivity index (χ2n) is 3.28. The van der Waals surface area contributed by atoms with Gasteiger partial charge in [-0.1, -0.05) is 40.4 Å². The van der Waals surface area contributed by atoms with E-state index in [0.29, 0.717) is 16.9 Å². The molecule has 0 aliphatic heterocycles. The lowest BCUT2D eigenvalue weighted by Crippen LogP contribution is -2.13. The van der Waals surface area contributed by atoms with E-state index < -0.39 is 5.82 Å². The van der Waals surface area contributed by atoms with E-state index >= 15 is 0 Å². The first-order valence-electron chi connectivity index (χ1n) is 4.86. The average molecular weight is 284 g/mol. The maximum atomic E-state index is 13.7. The number of hydrogen-bond donors (Lipinski definition) is 2. The summed E-state index contributed by atoms with van der Waals surface area (Å²) >= 11 is 2.81. The molecule has 0 saturated heterocycles. The van der Waals surface area contributed by atoms with Crippen LogP contribution in [0.15, 0.2) is 33.2 Å². The number of halogens is 1. The van der Waals surface area contributed by atoms with Crippen LogP contribution in [0.2, 0.25) is 0 Å². The number of benzene rings is 1. The molecule has 0 unspecified atom stereocenters. The van der Waals surface area contributed by atoms with Crippen LogP contribution in [-0.4, -0.2) is 21.2 Å². The highest BCUT2D eigenvalue weighted by Gasteiger charge is 2.08. The second-order valence-corrected chi connectivity index (χ2v) is 5.34. The van der Waals surface area contributed by atoms with Crippen molar-refractivity contribution in [2.24, 2.45) is 10.9 Å². The molecule has 0 saturated carbocycles. The molecule has 0 atom stereocenters. The first kappa shape index (κ1) is 12.8. The lowest BCUT2D eigenvalue weighted by Gasteiger charge is -2.04. The molecule has 2 aromatic rings. The Morgan fingerprint density at radius 2 is 2.39 bits per heavy atom. The summed E-state index contributed by atoms with van der Waals surface area (Å²) in [5.41, 5.74) is 7.88. The molecule has 1 heterocycles. The summed E-state index contributed by atoms with van der Waals surface area (Å²) in [7, 11) is 0. The summed E-state index contributed by atoms with van der Waals surface area (Å²) in [6, 6.07) is 4.45. The Morgan fingerprint density at radius 3 is 3.00 bits per heavy atom. The summed E-state index contributed by atoms with van der Waals surface area (Å²) in [6.07, 6.45) is 0. The van der Waals surface area contributed by atoms with Crippen LogP contribution in [0.1, 0.15) is 11.1 Å². The summed E-state index contributed by atoms with van der Waals surface area (Å²) in [6.45, 7) is 0. The van der Waals surface area contributed by atoms with E-state index in [2.05, 4.69) is 15.4 Å². The third-order valence-electron chi connectivity index (χ3n) is 2.15. The van der Waals surface area contributed by atoms with Crippen molar-refractivity contribution < 1.29 is 9.60 Å². The molecule has 0 aliphatic rings. The summed E-state index contributed by atoms with van der Waals surface area (Å²) in [5.74, 6) is -0.0503. The number of rotatable bonds is 4. The number of aromatic nitrogens is 2. The van der Waals surface area contributed by atoms with Crippen LogP contribution in [0.3, 0.4) is 0 Å². The second kappa shape index (κ2) is 5.78. The number of thioether (sulfide) groups is 1. The molecule has 2 rings (SSSR count). The number of nitrogens with zero attached hydrogens (tertiary/aromatic N) is 3. The van der Waals surface area contributed by atoms with Gasteiger partial charge < -0.3 is 10.9 Å². The zero-order chi connectivity index (χ0) is 13.0. The molecule has 0 aliphatic carbocycles. The van der Waals surface area contributed by atoms with Crippen molar-refractivity contribution >= 4 is 28.9 Å². The third-order valence-corrected chi connectivity index (χ3v) is 4.06. The predicted octanol–water partition coefficient (Wildman–Crippen LogP) is 2.06. The van der Waals surface area contributed by atoms with E-state index in [1.165, 1.54) is 29.2 Å². The standard InChI is InChI=1S/C10H9FN4OS2/c11-8-3-6(9(12)15-16)1-2-7(8)4-17-10-14-13-5-18-10/h1-3,5,16H,4H2,(H2,12,15). The van der Waals surface area contributed by atoms with Gasteiger partial charge in [-0.3, -0.25) is 0 Å². The first-order chi connectivity index (χ1) is 8.70. The maximum Gasteiger partial charge on any atom is 0.174 e. The lowest BCUT2D eigenvalue weighted by atomic mass is 10.1. The Balaban J connectivity index is 2.10. The zero-order valence-electron chi connectivity index (χ0n) is 9.08. The quantitative estimate of drug-likeness (QED) is 0.295. The van der Waals surface area contributed by atoms with Crippen LogP contribution in [0.25, 0.3) is 0 Å². The molecule has 8 heteroatoms. The number of oxime groups is 1. The minimum absolute atomic E-state index is 0.114. The largest absolute Gasteiger partial charge is 0.409 e. The van der Waals surface area contributed by atoms with E-state index in [-0.39, 0.29) is 5.84 Å². The van der Waals surface area contributed by atoms with Gasteiger partial charge in [-0.25, -0.2) is 4.39 Å². The van der Waals surface area contributed by atoms with Crippen LogP contribution in [0.4, 0.5) is 4.39 Å². The molecular formula is C10H9FN4OS2. The van der Waals surface area contributed by atoms with Crippen molar-refractivity contribution in [1.82, 2.24) is 10.2 Å². The number of amidine groups is 1. The average Bonchev–Trinajstić information content (AvgIpc) is 2.89. The van der Waals surface area contributed by atoms with Gasteiger partial charge in [0.05, 0.1) is 0 Å². The van der Waals surface area contributed by atoms with Crippen LogP contribution < -0.4 is 5.73 Å². The Hall–Kier alpha value is -1.67. The van der Waals surface area contributed by atoms with E-state index in [0.717, 1.165) is 4.34 Å². The van der Waals surface area contributed by atoms with Gasteiger partial charge in [-0.15, -0.1) is 10.2 Å². The minimum Gasteiger partial charge on any atom is -0.409 e. The summed E-state index contributed by atoms with van der Waals surface area (Å²) in [4.78, 5) is 0. The highest BCUT2D eigenvalue weighted by Crippen LogP contribution is 2.25. The van der Waals surface area contributed by atoms with Gasteiger partial charge in [0.15, 0.2) is 10.2 Å². The van der Waals surface area contributed by atoms with E-state index in [9.17, 15) is 4.39 Å². The van der Waals surface area contributed by atoms with Crippen molar-refractivity contribution in [2.75, 3.05) is 0 Å². The normalized spacial score (nSPS) is 11.7. The highest BCUT2D eigenvalue weighted by molar-refractivity contribution is 8.00. The molecule has 3 N–H and O–H groups in total. The molecule has 1 aromatic carbocycles. The fourth-order valence-corrected chi connectivity index (χ4v) is 2.72. The van der Waals surface area contributed by atoms with Crippen LogP contribution in [-0.2, 0) is 5.75 Å². The molecule has 0 spiro atoms.